The highest BCUT2D eigenvalue weighted by atomic mass is 16.6. The molecular weight excluding hydrogens is 264 g/mol. The molecule has 2 aromatic rings. The van der Waals surface area contributed by atoms with Crippen LogP contribution in [0.3, 0.4) is 0 Å². The largest absolute Gasteiger partial charge is 0.435 e. The smallest absolute Gasteiger partial charge is 0.340 e. The van der Waals surface area contributed by atoms with Gasteiger partial charge in [0.15, 0.2) is 13.6 Å². The zero-order chi connectivity index (χ0) is 14.5. The summed E-state index contributed by atoms with van der Waals surface area (Å²) in [5.41, 5.74) is 0.606. The van der Waals surface area contributed by atoms with Crippen LogP contribution in [0.5, 0.6) is 0 Å². The van der Waals surface area contributed by atoms with Gasteiger partial charge in [0.25, 0.3) is 0 Å². The topological polar surface area (TPSA) is 93.1 Å². The van der Waals surface area contributed by atoms with Crippen LogP contribution in [-0.4, -0.2) is 35.7 Å². The Balaban J connectivity index is 2.34. The number of hydrogen-bond acceptors (Lipinski definition) is 6. The van der Waals surface area contributed by atoms with E-state index in [1.807, 2.05) is 0 Å². The number of hydrogen-bond donors (Lipinski definition) is 2. The van der Waals surface area contributed by atoms with Crippen molar-refractivity contribution in [2.75, 3.05) is 13.6 Å². The van der Waals surface area contributed by atoms with Crippen LogP contribution < -0.4 is 0 Å². The first kappa shape index (κ1) is 14.0. The van der Waals surface area contributed by atoms with Gasteiger partial charge in [-0.2, -0.15) is 0 Å². The second-order valence-corrected chi connectivity index (χ2v) is 3.90. The standard InChI is InChI=1S/C14H12O6/c15-7-19-13(17)11-3-1-9-5-12(14(18)20-8-16)4-2-10(9)6-11/h1-6,15-16H,7-8H2. The molecule has 6 nitrogen and oxygen atoms in total. The third kappa shape index (κ3) is 2.93. The molecule has 0 atom stereocenters. The number of aliphatic hydroxyl groups is 2. The first-order valence-electron chi connectivity index (χ1n) is 5.75. The molecule has 0 saturated heterocycles. The molecule has 0 bridgehead atoms. The Kier molecular flexibility index (Phi) is 4.29. The molecule has 0 radical (unpaired) electrons. The lowest BCUT2D eigenvalue weighted by Crippen LogP contribution is -2.06. The molecule has 0 amide bonds. The molecule has 0 unspecified atom stereocenters. The van der Waals surface area contributed by atoms with E-state index >= 15 is 0 Å². The maximum absolute atomic E-state index is 11.5. The lowest BCUT2D eigenvalue weighted by molar-refractivity contribution is 0.00568. The summed E-state index contributed by atoms with van der Waals surface area (Å²) in [7, 11) is 0. The highest BCUT2D eigenvalue weighted by molar-refractivity contribution is 5.98. The minimum Gasteiger partial charge on any atom is -0.435 e. The summed E-state index contributed by atoms with van der Waals surface area (Å²) in [6.07, 6.45) is 0. The van der Waals surface area contributed by atoms with E-state index in [1.165, 1.54) is 12.1 Å². The van der Waals surface area contributed by atoms with Gasteiger partial charge in [-0.05, 0) is 35.0 Å². The molecule has 2 rings (SSSR count). The van der Waals surface area contributed by atoms with Crippen LogP contribution >= 0.6 is 0 Å². The zero-order valence-corrected chi connectivity index (χ0v) is 10.4. The maximum Gasteiger partial charge on any atom is 0.340 e. The van der Waals surface area contributed by atoms with E-state index < -0.39 is 25.5 Å². The molecule has 2 N–H and O–H groups in total. The van der Waals surface area contributed by atoms with Crippen LogP contribution in [0.2, 0.25) is 0 Å². The summed E-state index contributed by atoms with van der Waals surface area (Å²) in [5.74, 6) is -1.25. The molecule has 2 aromatic carbocycles. The van der Waals surface area contributed by atoms with E-state index in [-0.39, 0.29) is 0 Å². The number of benzene rings is 2. The quantitative estimate of drug-likeness (QED) is 0.640. The number of fused-ring (bicyclic) bond motifs is 1. The van der Waals surface area contributed by atoms with E-state index in [9.17, 15) is 9.59 Å². The SMILES string of the molecule is O=C(OCO)c1ccc2cc(C(=O)OCO)ccc2c1. The molecule has 0 aliphatic heterocycles. The molecule has 0 aliphatic carbocycles. The number of aliphatic hydroxyl groups excluding tert-OH is 2. The highest BCUT2D eigenvalue weighted by Crippen LogP contribution is 2.19. The molecule has 0 saturated carbocycles. The van der Waals surface area contributed by atoms with Crippen LogP contribution in [-0.2, 0) is 9.47 Å². The predicted octanol–water partition coefficient (Wildman–Crippen LogP) is 1.05. The number of carbonyl (C=O) groups excluding carboxylic acids is 2. The van der Waals surface area contributed by atoms with Crippen LogP contribution in [0.25, 0.3) is 10.8 Å². The molecule has 6 heteroatoms. The Bertz CT molecular complexity index is 592. The minimum atomic E-state index is -0.678. The zero-order valence-electron chi connectivity index (χ0n) is 10.4. The molecule has 0 spiro atoms. The van der Waals surface area contributed by atoms with Gasteiger partial charge in [-0.3, -0.25) is 0 Å². The second kappa shape index (κ2) is 6.14. The first-order valence-corrected chi connectivity index (χ1v) is 5.75. The molecular formula is C14H12O6. The molecule has 0 aliphatic rings. The van der Waals surface area contributed by atoms with E-state index in [0.29, 0.717) is 11.1 Å². The fourth-order valence-corrected chi connectivity index (χ4v) is 1.78. The highest BCUT2D eigenvalue weighted by Gasteiger charge is 2.10. The average molecular weight is 276 g/mol. The van der Waals surface area contributed by atoms with E-state index in [1.54, 1.807) is 24.3 Å². The molecule has 104 valence electrons. The first-order chi connectivity index (χ1) is 9.65. The minimum absolute atomic E-state index is 0.303. The van der Waals surface area contributed by atoms with Gasteiger partial charge in [-0.15, -0.1) is 0 Å². The Morgan fingerprint density at radius 2 is 1.20 bits per heavy atom. The van der Waals surface area contributed by atoms with Crippen molar-refractivity contribution in [3.63, 3.8) is 0 Å². The number of carbonyl (C=O) groups is 2. The normalized spacial score (nSPS) is 10.3. The summed E-state index contributed by atoms with van der Waals surface area (Å²) in [6, 6.07) is 9.55. The van der Waals surface area contributed by atoms with Crippen molar-refractivity contribution >= 4 is 22.7 Å². The van der Waals surface area contributed by atoms with Crippen LogP contribution in [0, 0.1) is 0 Å². The monoisotopic (exact) mass is 276 g/mol. The Labute approximate surface area is 114 Å². The predicted molar refractivity (Wildman–Crippen MR) is 69.0 cm³/mol. The maximum atomic E-state index is 11.5. The number of esters is 2. The summed E-state index contributed by atoms with van der Waals surface area (Å²) in [4.78, 5) is 22.9. The van der Waals surface area contributed by atoms with E-state index in [0.717, 1.165) is 10.8 Å². The van der Waals surface area contributed by atoms with Gasteiger partial charge >= 0.3 is 11.9 Å². The summed E-state index contributed by atoms with van der Waals surface area (Å²) < 4.78 is 8.97. The molecule has 0 fully saturated rings. The summed E-state index contributed by atoms with van der Waals surface area (Å²) in [6.45, 7) is -1.36. The van der Waals surface area contributed by atoms with Gasteiger partial charge in [0, 0.05) is 0 Å². The molecule has 0 aromatic heterocycles. The van der Waals surface area contributed by atoms with Crippen molar-refractivity contribution in [3.05, 3.63) is 47.5 Å². The second-order valence-electron chi connectivity index (χ2n) is 3.90. The van der Waals surface area contributed by atoms with E-state index in [4.69, 9.17) is 10.2 Å². The van der Waals surface area contributed by atoms with Crippen molar-refractivity contribution in [1.29, 1.82) is 0 Å². The third-order valence-corrected chi connectivity index (χ3v) is 2.70. The van der Waals surface area contributed by atoms with Gasteiger partial charge in [0.05, 0.1) is 11.1 Å². The third-order valence-electron chi connectivity index (χ3n) is 2.70. The van der Waals surface area contributed by atoms with Crippen molar-refractivity contribution in [3.8, 4) is 0 Å². The average Bonchev–Trinajstić information content (AvgIpc) is 2.46. The Morgan fingerprint density at radius 1 is 0.800 bits per heavy atom. The van der Waals surface area contributed by atoms with Gasteiger partial charge < -0.3 is 19.7 Å². The van der Waals surface area contributed by atoms with E-state index in [2.05, 4.69) is 9.47 Å². The van der Waals surface area contributed by atoms with Gasteiger partial charge in [0.1, 0.15) is 0 Å². The van der Waals surface area contributed by atoms with Crippen molar-refractivity contribution in [2.24, 2.45) is 0 Å². The lowest BCUT2D eigenvalue weighted by Gasteiger charge is -2.05. The fourth-order valence-electron chi connectivity index (χ4n) is 1.78. The molecule has 20 heavy (non-hydrogen) atoms. The van der Waals surface area contributed by atoms with Crippen LogP contribution in [0.4, 0.5) is 0 Å². The number of rotatable bonds is 4. The van der Waals surface area contributed by atoms with Gasteiger partial charge in [0.2, 0.25) is 0 Å². The van der Waals surface area contributed by atoms with Crippen molar-refractivity contribution in [2.45, 2.75) is 0 Å². The lowest BCUT2D eigenvalue weighted by atomic mass is 10.0. The van der Waals surface area contributed by atoms with Crippen LogP contribution in [0.15, 0.2) is 36.4 Å². The summed E-state index contributed by atoms with van der Waals surface area (Å²) >= 11 is 0. The number of ether oxygens (including phenoxy) is 2. The van der Waals surface area contributed by atoms with Crippen molar-refractivity contribution in [1.82, 2.24) is 0 Å². The molecule has 0 heterocycles. The van der Waals surface area contributed by atoms with Crippen LogP contribution in [0.1, 0.15) is 20.7 Å². The van der Waals surface area contributed by atoms with Crippen molar-refractivity contribution < 1.29 is 29.3 Å². The van der Waals surface area contributed by atoms with Gasteiger partial charge in [-0.1, -0.05) is 12.1 Å². The fraction of sp³-hybridized carbons (Fsp3) is 0.143. The Morgan fingerprint density at radius 3 is 1.55 bits per heavy atom. The Hall–Kier alpha value is -2.44. The van der Waals surface area contributed by atoms with Gasteiger partial charge in [-0.25, -0.2) is 9.59 Å². The summed E-state index contributed by atoms with van der Waals surface area (Å²) in [5, 5.41) is 18.6.